The summed E-state index contributed by atoms with van der Waals surface area (Å²) in [6.07, 6.45) is 0.717. The summed E-state index contributed by atoms with van der Waals surface area (Å²) in [6.45, 7) is 11.8. The summed E-state index contributed by atoms with van der Waals surface area (Å²) < 4.78 is 11.5. The molecule has 1 N–H and O–H groups in total. The number of hydrogen-bond donors (Lipinski definition) is 1. The van der Waals surface area contributed by atoms with E-state index in [1.54, 1.807) is 0 Å². The van der Waals surface area contributed by atoms with Gasteiger partial charge in [0, 0.05) is 13.2 Å². The Hall–Kier alpha value is -0.900. The van der Waals surface area contributed by atoms with Gasteiger partial charge in [0.1, 0.15) is 0 Å². The summed E-state index contributed by atoms with van der Waals surface area (Å²) in [4.78, 5) is 0. The average molecular weight is 279 g/mol. The summed E-state index contributed by atoms with van der Waals surface area (Å²) in [5.41, 5.74) is 5.39. The van der Waals surface area contributed by atoms with Crippen LogP contribution in [0.3, 0.4) is 0 Å². The maximum Gasteiger partial charge on any atom is 0.172 e. The van der Waals surface area contributed by atoms with Gasteiger partial charge in [-0.25, -0.2) is 0 Å². The third-order valence-corrected chi connectivity index (χ3v) is 3.63. The first kappa shape index (κ1) is 17.2. The monoisotopic (exact) mass is 279 g/mol. The lowest BCUT2D eigenvalue weighted by Gasteiger charge is -2.27. The van der Waals surface area contributed by atoms with E-state index in [1.165, 1.54) is 22.3 Å². The molecule has 0 saturated heterocycles. The highest BCUT2D eigenvalue weighted by molar-refractivity contribution is 5.38. The lowest BCUT2D eigenvalue weighted by Crippen LogP contribution is -2.43. The molecule has 0 spiro atoms. The van der Waals surface area contributed by atoms with E-state index in [9.17, 15) is 0 Å². The molecule has 3 heteroatoms. The number of benzene rings is 1. The first-order valence-electron chi connectivity index (χ1n) is 7.50. The molecule has 1 unspecified atom stereocenters. The number of ether oxygens (including phenoxy) is 2. The standard InChI is InChI=1S/C17H29NO2/c1-7-19-17(20-8-2)16(18-6)11-15-13(4)9-12(3)10-14(15)5/h9-10,16-18H,7-8,11H2,1-6H3. The second-order valence-corrected chi connectivity index (χ2v) is 5.26. The minimum Gasteiger partial charge on any atom is -0.351 e. The zero-order chi connectivity index (χ0) is 15.1. The van der Waals surface area contributed by atoms with Crippen LogP contribution in [-0.2, 0) is 15.9 Å². The molecular weight excluding hydrogens is 250 g/mol. The molecule has 0 aromatic heterocycles. The van der Waals surface area contributed by atoms with E-state index in [0.29, 0.717) is 13.2 Å². The van der Waals surface area contributed by atoms with Crippen molar-refractivity contribution in [3.05, 3.63) is 34.4 Å². The molecule has 114 valence electrons. The highest BCUT2D eigenvalue weighted by Crippen LogP contribution is 2.20. The van der Waals surface area contributed by atoms with Crippen LogP contribution in [0, 0.1) is 20.8 Å². The Labute approximate surface area is 123 Å². The summed E-state index contributed by atoms with van der Waals surface area (Å²) in [5.74, 6) is 0. The van der Waals surface area contributed by atoms with Crippen molar-refractivity contribution in [2.45, 2.75) is 53.4 Å². The van der Waals surface area contributed by atoms with Crippen molar-refractivity contribution in [2.24, 2.45) is 0 Å². The fourth-order valence-electron chi connectivity index (χ4n) is 2.70. The molecule has 3 nitrogen and oxygen atoms in total. The molecule has 0 saturated carbocycles. The van der Waals surface area contributed by atoms with Crippen LogP contribution in [0.5, 0.6) is 0 Å². The number of hydrogen-bond acceptors (Lipinski definition) is 3. The largest absolute Gasteiger partial charge is 0.351 e. The highest BCUT2D eigenvalue weighted by Gasteiger charge is 2.22. The van der Waals surface area contributed by atoms with E-state index in [-0.39, 0.29) is 12.3 Å². The molecular formula is C17H29NO2. The quantitative estimate of drug-likeness (QED) is 0.742. The van der Waals surface area contributed by atoms with Crippen molar-refractivity contribution in [3.8, 4) is 0 Å². The Bertz CT molecular complexity index is 388. The van der Waals surface area contributed by atoms with E-state index >= 15 is 0 Å². The smallest absolute Gasteiger partial charge is 0.172 e. The maximum absolute atomic E-state index is 5.73. The predicted octanol–water partition coefficient (Wildman–Crippen LogP) is 3.14. The number of likely N-dealkylation sites (N-methyl/N-ethyl adjacent to an activating group) is 1. The van der Waals surface area contributed by atoms with Gasteiger partial charge >= 0.3 is 0 Å². The first-order chi connectivity index (χ1) is 9.53. The molecule has 1 aromatic carbocycles. The van der Waals surface area contributed by atoms with E-state index in [1.807, 2.05) is 20.9 Å². The van der Waals surface area contributed by atoms with Crippen molar-refractivity contribution in [1.82, 2.24) is 5.32 Å². The Morgan fingerprint density at radius 1 is 1.00 bits per heavy atom. The second-order valence-electron chi connectivity index (χ2n) is 5.26. The lowest BCUT2D eigenvalue weighted by atomic mass is 9.94. The van der Waals surface area contributed by atoms with Gasteiger partial charge < -0.3 is 14.8 Å². The minimum atomic E-state index is -0.199. The topological polar surface area (TPSA) is 30.5 Å². The number of nitrogens with one attached hydrogen (secondary N) is 1. The van der Waals surface area contributed by atoms with Crippen LogP contribution in [0.1, 0.15) is 36.1 Å². The van der Waals surface area contributed by atoms with E-state index < -0.39 is 0 Å². The van der Waals surface area contributed by atoms with Crippen LogP contribution < -0.4 is 5.32 Å². The van der Waals surface area contributed by atoms with Crippen molar-refractivity contribution in [3.63, 3.8) is 0 Å². The fourth-order valence-corrected chi connectivity index (χ4v) is 2.70. The van der Waals surface area contributed by atoms with Crippen molar-refractivity contribution in [2.75, 3.05) is 20.3 Å². The van der Waals surface area contributed by atoms with Gasteiger partial charge in [-0.05, 0) is 64.8 Å². The molecule has 0 heterocycles. The highest BCUT2D eigenvalue weighted by atomic mass is 16.7. The zero-order valence-electron chi connectivity index (χ0n) is 13.7. The van der Waals surface area contributed by atoms with E-state index in [2.05, 4.69) is 38.2 Å². The Kier molecular flexibility index (Phi) is 7.20. The van der Waals surface area contributed by atoms with Crippen molar-refractivity contribution in [1.29, 1.82) is 0 Å². The number of rotatable bonds is 8. The Morgan fingerprint density at radius 3 is 1.90 bits per heavy atom. The normalized spacial score (nSPS) is 12.9. The SMILES string of the molecule is CCOC(OCC)C(Cc1c(C)cc(C)cc1C)NC. The van der Waals surface area contributed by atoms with Gasteiger partial charge in [0.2, 0.25) is 0 Å². The van der Waals surface area contributed by atoms with Crippen LogP contribution in [0.4, 0.5) is 0 Å². The molecule has 1 aromatic rings. The zero-order valence-corrected chi connectivity index (χ0v) is 13.7. The van der Waals surface area contributed by atoms with Gasteiger partial charge in [-0.3, -0.25) is 0 Å². The van der Waals surface area contributed by atoms with Crippen LogP contribution in [0.15, 0.2) is 12.1 Å². The van der Waals surface area contributed by atoms with Crippen molar-refractivity contribution >= 4 is 0 Å². The third kappa shape index (κ3) is 4.58. The molecule has 0 aliphatic carbocycles. The summed E-state index contributed by atoms with van der Waals surface area (Å²) in [7, 11) is 1.97. The van der Waals surface area contributed by atoms with Gasteiger partial charge in [-0.1, -0.05) is 17.7 Å². The first-order valence-corrected chi connectivity index (χ1v) is 7.50. The third-order valence-electron chi connectivity index (χ3n) is 3.63. The van der Waals surface area contributed by atoms with E-state index in [0.717, 1.165) is 6.42 Å². The van der Waals surface area contributed by atoms with E-state index in [4.69, 9.17) is 9.47 Å². The van der Waals surface area contributed by atoms with Crippen molar-refractivity contribution < 1.29 is 9.47 Å². The molecule has 0 fully saturated rings. The fraction of sp³-hybridized carbons (Fsp3) is 0.647. The molecule has 0 radical (unpaired) electrons. The van der Waals surface area contributed by atoms with Gasteiger partial charge in [-0.15, -0.1) is 0 Å². The van der Waals surface area contributed by atoms with Gasteiger partial charge in [0.15, 0.2) is 6.29 Å². The molecule has 0 bridgehead atoms. The minimum absolute atomic E-state index is 0.162. The number of aryl methyl sites for hydroxylation is 3. The van der Waals surface area contributed by atoms with Crippen LogP contribution in [0.2, 0.25) is 0 Å². The molecule has 0 amide bonds. The Balaban J connectivity index is 2.92. The van der Waals surface area contributed by atoms with Crippen LogP contribution in [-0.4, -0.2) is 32.6 Å². The average Bonchev–Trinajstić information content (AvgIpc) is 2.38. The molecule has 20 heavy (non-hydrogen) atoms. The van der Waals surface area contributed by atoms with Crippen LogP contribution >= 0.6 is 0 Å². The predicted molar refractivity (Wildman–Crippen MR) is 84.2 cm³/mol. The summed E-state index contributed by atoms with van der Waals surface area (Å²) >= 11 is 0. The summed E-state index contributed by atoms with van der Waals surface area (Å²) in [5, 5.41) is 3.34. The summed E-state index contributed by atoms with van der Waals surface area (Å²) in [6, 6.07) is 4.65. The van der Waals surface area contributed by atoms with Crippen LogP contribution in [0.25, 0.3) is 0 Å². The van der Waals surface area contributed by atoms with Gasteiger partial charge in [-0.2, -0.15) is 0 Å². The molecule has 1 rings (SSSR count). The second kappa shape index (κ2) is 8.40. The van der Waals surface area contributed by atoms with Gasteiger partial charge in [0.25, 0.3) is 0 Å². The lowest BCUT2D eigenvalue weighted by molar-refractivity contribution is -0.152. The maximum atomic E-state index is 5.73. The molecule has 0 aliphatic rings. The molecule has 1 atom stereocenters. The Morgan fingerprint density at radius 2 is 1.50 bits per heavy atom. The molecule has 0 aliphatic heterocycles. The van der Waals surface area contributed by atoms with Gasteiger partial charge in [0.05, 0.1) is 6.04 Å².